The van der Waals surface area contributed by atoms with Crippen LogP contribution in [0.3, 0.4) is 0 Å². The highest BCUT2D eigenvalue weighted by molar-refractivity contribution is 5.89. The summed E-state index contributed by atoms with van der Waals surface area (Å²) in [6, 6.07) is 8.77. The van der Waals surface area contributed by atoms with Crippen molar-refractivity contribution in [3.8, 4) is 6.07 Å². The molecule has 8 nitrogen and oxygen atoms in total. The molecular formula is C19H25N3O5. The van der Waals surface area contributed by atoms with E-state index < -0.39 is 36.0 Å². The van der Waals surface area contributed by atoms with Crippen molar-refractivity contribution in [1.29, 1.82) is 5.26 Å². The largest absolute Gasteiger partial charge is 0.480 e. The molecule has 0 aliphatic heterocycles. The number of aliphatic carboxylic acids is 1. The quantitative estimate of drug-likeness (QED) is 0.606. The van der Waals surface area contributed by atoms with Gasteiger partial charge in [-0.3, -0.25) is 4.79 Å². The van der Waals surface area contributed by atoms with Gasteiger partial charge in [-0.05, 0) is 11.5 Å². The molecular weight excluding hydrogens is 350 g/mol. The fraction of sp³-hybridized carbons (Fsp3) is 0.474. The number of nitrogens with zero attached hydrogens (tertiary/aromatic N) is 1. The Kier molecular flexibility index (Phi) is 8.79. The van der Waals surface area contributed by atoms with Crippen LogP contribution in [0.5, 0.6) is 0 Å². The predicted octanol–water partition coefficient (Wildman–Crippen LogP) is 2.06. The third kappa shape index (κ3) is 7.36. The minimum absolute atomic E-state index is 0.0177. The fourth-order valence-corrected chi connectivity index (χ4v) is 2.38. The number of carboxylic acid groups (broad SMARTS) is 1. The molecule has 3 N–H and O–H groups in total. The summed E-state index contributed by atoms with van der Waals surface area (Å²) in [5.41, 5.74) is 0.800. The Hall–Kier alpha value is -3.08. The van der Waals surface area contributed by atoms with Crippen LogP contribution >= 0.6 is 0 Å². The molecule has 0 saturated heterocycles. The minimum atomic E-state index is -1.24. The van der Waals surface area contributed by atoms with Gasteiger partial charge in [0.25, 0.3) is 0 Å². The molecule has 146 valence electrons. The Morgan fingerprint density at radius 3 is 2.26 bits per heavy atom. The Morgan fingerprint density at radius 1 is 1.11 bits per heavy atom. The van der Waals surface area contributed by atoms with Gasteiger partial charge >= 0.3 is 12.1 Å². The van der Waals surface area contributed by atoms with Crippen LogP contribution in [0, 0.1) is 23.2 Å². The second-order valence-electron chi connectivity index (χ2n) is 6.59. The molecule has 0 unspecified atom stereocenters. The second kappa shape index (κ2) is 10.8. The number of carbonyl (C=O) groups excluding carboxylic acids is 2. The Bertz CT molecular complexity index is 684. The van der Waals surface area contributed by atoms with Gasteiger partial charge < -0.3 is 20.5 Å². The average Bonchev–Trinajstić information content (AvgIpc) is 2.62. The van der Waals surface area contributed by atoms with Crippen LogP contribution in [0.25, 0.3) is 0 Å². The van der Waals surface area contributed by atoms with E-state index in [0.717, 1.165) is 5.56 Å². The lowest BCUT2D eigenvalue weighted by atomic mass is 9.97. The molecule has 0 aliphatic carbocycles. The summed E-state index contributed by atoms with van der Waals surface area (Å²) >= 11 is 0. The monoisotopic (exact) mass is 375 g/mol. The molecule has 0 aliphatic rings. The van der Waals surface area contributed by atoms with Gasteiger partial charge in [-0.15, -0.1) is 0 Å². The van der Waals surface area contributed by atoms with Crippen molar-refractivity contribution >= 4 is 18.0 Å². The van der Waals surface area contributed by atoms with Gasteiger partial charge in [-0.2, -0.15) is 5.26 Å². The molecule has 0 saturated carbocycles. The normalized spacial score (nSPS) is 13.7. The number of hydrogen-bond acceptors (Lipinski definition) is 5. The van der Waals surface area contributed by atoms with Crippen molar-refractivity contribution < 1.29 is 24.2 Å². The third-order valence-corrected chi connectivity index (χ3v) is 3.98. The van der Waals surface area contributed by atoms with Crippen LogP contribution in [0.15, 0.2) is 30.3 Å². The summed E-state index contributed by atoms with van der Waals surface area (Å²) in [5, 5.41) is 22.9. The lowest BCUT2D eigenvalue weighted by Gasteiger charge is -2.25. The first kappa shape index (κ1) is 22.0. The summed E-state index contributed by atoms with van der Waals surface area (Å²) in [5.74, 6) is -2.75. The van der Waals surface area contributed by atoms with E-state index in [9.17, 15) is 19.5 Å². The molecule has 3 atom stereocenters. The molecule has 1 aromatic carbocycles. The zero-order chi connectivity index (χ0) is 20.4. The lowest BCUT2D eigenvalue weighted by Crippen LogP contribution is -2.55. The first-order valence-electron chi connectivity index (χ1n) is 8.63. The van der Waals surface area contributed by atoms with E-state index in [1.165, 1.54) is 0 Å². The summed E-state index contributed by atoms with van der Waals surface area (Å²) in [6.07, 6.45) is -0.791. The summed E-state index contributed by atoms with van der Waals surface area (Å²) in [7, 11) is 0. The van der Waals surface area contributed by atoms with Crippen molar-refractivity contribution in [2.24, 2.45) is 11.8 Å². The van der Waals surface area contributed by atoms with Crippen LogP contribution in [0.4, 0.5) is 4.79 Å². The number of ether oxygens (including phenoxy) is 1. The van der Waals surface area contributed by atoms with Gasteiger partial charge in [0.15, 0.2) is 0 Å². The number of alkyl carbamates (subject to hydrolysis) is 1. The highest BCUT2D eigenvalue weighted by Crippen LogP contribution is 2.10. The third-order valence-electron chi connectivity index (χ3n) is 3.98. The molecule has 0 fully saturated rings. The summed E-state index contributed by atoms with van der Waals surface area (Å²) in [6.45, 7) is 5.05. The van der Waals surface area contributed by atoms with E-state index in [-0.39, 0.29) is 18.9 Å². The zero-order valence-electron chi connectivity index (χ0n) is 15.6. The minimum Gasteiger partial charge on any atom is -0.480 e. The van der Waals surface area contributed by atoms with E-state index >= 15 is 0 Å². The predicted molar refractivity (Wildman–Crippen MR) is 97.3 cm³/mol. The number of carbonyl (C=O) groups is 3. The van der Waals surface area contributed by atoms with Gasteiger partial charge in [-0.1, -0.05) is 51.1 Å². The maximum Gasteiger partial charge on any atom is 0.408 e. The highest BCUT2D eigenvalue weighted by atomic mass is 16.5. The Labute approximate surface area is 158 Å². The molecule has 0 bridgehead atoms. The SMILES string of the molecule is CC(C)[C@H](NC(=O)OCc1ccccc1)C(=O)N[C@@H](C(=O)O)[C@@H](C)CC#N. The van der Waals surface area contributed by atoms with Crippen LogP contribution in [0.2, 0.25) is 0 Å². The van der Waals surface area contributed by atoms with Crippen molar-refractivity contribution in [3.63, 3.8) is 0 Å². The standard InChI is InChI=1S/C19H25N3O5/c1-12(2)15(17(23)21-16(18(24)25)13(3)9-10-20)22-19(26)27-11-14-7-5-4-6-8-14/h4-8,12-13,15-16H,9,11H2,1-3H3,(H,21,23)(H,22,26)(H,24,25)/t13-,15-,16+/m0/s1. The maximum absolute atomic E-state index is 12.5. The number of carboxylic acids is 1. The molecule has 1 rings (SSSR count). The topological polar surface area (TPSA) is 129 Å². The number of amides is 2. The molecule has 2 amide bonds. The first-order chi connectivity index (χ1) is 12.8. The molecule has 27 heavy (non-hydrogen) atoms. The summed E-state index contributed by atoms with van der Waals surface area (Å²) < 4.78 is 5.11. The molecule has 0 heterocycles. The average molecular weight is 375 g/mol. The molecule has 1 aromatic rings. The van der Waals surface area contributed by atoms with Gasteiger partial charge in [0.05, 0.1) is 6.07 Å². The summed E-state index contributed by atoms with van der Waals surface area (Å²) in [4.78, 5) is 35.9. The van der Waals surface area contributed by atoms with E-state index in [1.54, 1.807) is 32.9 Å². The van der Waals surface area contributed by atoms with Crippen LogP contribution in [0.1, 0.15) is 32.8 Å². The number of nitriles is 1. The van der Waals surface area contributed by atoms with Crippen LogP contribution < -0.4 is 10.6 Å². The Morgan fingerprint density at radius 2 is 1.74 bits per heavy atom. The van der Waals surface area contributed by atoms with Gasteiger partial charge in [0, 0.05) is 12.3 Å². The van der Waals surface area contributed by atoms with Gasteiger partial charge in [0.2, 0.25) is 5.91 Å². The van der Waals surface area contributed by atoms with E-state index in [0.29, 0.717) is 0 Å². The van der Waals surface area contributed by atoms with Gasteiger partial charge in [-0.25, -0.2) is 9.59 Å². The van der Waals surface area contributed by atoms with Gasteiger partial charge in [0.1, 0.15) is 18.7 Å². The number of nitrogens with one attached hydrogen (secondary N) is 2. The number of rotatable bonds is 9. The van der Waals surface area contributed by atoms with Crippen molar-refractivity contribution in [3.05, 3.63) is 35.9 Å². The molecule has 0 spiro atoms. The van der Waals surface area contributed by atoms with Crippen LogP contribution in [-0.4, -0.2) is 35.2 Å². The fourth-order valence-electron chi connectivity index (χ4n) is 2.38. The van der Waals surface area contributed by atoms with Crippen molar-refractivity contribution in [1.82, 2.24) is 10.6 Å². The lowest BCUT2D eigenvalue weighted by molar-refractivity contribution is -0.143. The maximum atomic E-state index is 12.5. The first-order valence-corrected chi connectivity index (χ1v) is 8.63. The second-order valence-corrected chi connectivity index (χ2v) is 6.59. The smallest absolute Gasteiger partial charge is 0.408 e. The number of hydrogen-bond donors (Lipinski definition) is 3. The molecule has 0 radical (unpaired) electrons. The van der Waals surface area contributed by atoms with Crippen molar-refractivity contribution in [2.45, 2.75) is 45.9 Å². The van der Waals surface area contributed by atoms with E-state index in [2.05, 4.69) is 10.6 Å². The van der Waals surface area contributed by atoms with Crippen molar-refractivity contribution in [2.75, 3.05) is 0 Å². The molecule has 0 aromatic heterocycles. The van der Waals surface area contributed by atoms with E-state index in [4.69, 9.17) is 10.00 Å². The number of benzene rings is 1. The molecule has 8 heteroatoms. The van der Waals surface area contributed by atoms with Crippen LogP contribution in [-0.2, 0) is 20.9 Å². The highest BCUT2D eigenvalue weighted by Gasteiger charge is 2.31. The van der Waals surface area contributed by atoms with E-state index in [1.807, 2.05) is 24.3 Å². The zero-order valence-corrected chi connectivity index (χ0v) is 15.6. The Balaban J connectivity index is 2.70.